The fraction of sp³-hybridized carbons (Fsp3) is 0.542. The first-order valence-electron chi connectivity index (χ1n) is 11.2. The number of hydrogen-bond acceptors (Lipinski definition) is 9. The summed E-state index contributed by atoms with van der Waals surface area (Å²) in [5.74, 6) is -7.27. The number of phenolic OH excluding ortho intramolecular Hbond substituents is 1. The molecule has 0 aliphatic heterocycles. The summed E-state index contributed by atoms with van der Waals surface area (Å²) in [5, 5.41) is 44.3. The van der Waals surface area contributed by atoms with Crippen molar-refractivity contribution in [1.29, 1.82) is 0 Å². The van der Waals surface area contributed by atoms with Crippen LogP contribution < -0.4 is 5.73 Å². The van der Waals surface area contributed by atoms with E-state index in [4.69, 9.17) is 5.73 Å². The van der Waals surface area contributed by atoms with E-state index in [2.05, 4.69) is 0 Å². The second-order valence-electron chi connectivity index (χ2n) is 10.1. The molecule has 6 N–H and O–H groups in total. The lowest BCUT2D eigenvalue weighted by atomic mass is 9.56. The summed E-state index contributed by atoms with van der Waals surface area (Å²) in [4.78, 5) is 42.4. The molecule has 1 amide bonds. The molecule has 6 atom stereocenters. The fourth-order valence-electron chi connectivity index (χ4n) is 6.16. The molecule has 0 radical (unpaired) electrons. The SMILES string of the molecule is CN(C)Cc1ccc(O)c2c1C[C@H]1C[C@H]3[C@@H](N(C)C)C(O)C(C(N)=O)C(=O)[C@@]3(O)C(O)=C1C2=O. The topological polar surface area (TPSA) is 165 Å². The minimum absolute atomic E-state index is 0.0399. The summed E-state index contributed by atoms with van der Waals surface area (Å²) >= 11 is 0. The molecule has 10 nitrogen and oxygen atoms in total. The molecular weight excluding hydrogens is 442 g/mol. The number of ketones is 2. The summed E-state index contributed by atoms with van der Waals surface area (Å²) in [6.07, 6.45) is -1.08. The van der Waals surface area contributed by atoms with E-state index in [9.17, 15) is 34.8 Å². The van der Waals surface area contributed by atoms with Crippen LogP contribution in [0.5, 0.6) is 5.75 Å². The Kier molecular flexibility index (Phi) is 5.84. The second-order valence-corrected chi connectivity index (χ2v) is 10.1. The van der Waals surface area contributed by atoms with Crippen molar-refractivity contribution in [2.24, 2.45) is 23.5 Å². The van der Waals surface area contributed by atoms with Gasteiger partial charge in [-0.25, -0.2) is 0 Å². The number of Topliss-reactive ketones (excluding diaryl/α,β-unsaturated/α-hetero) is 2. The minimum Gasteiger partial charge on any atom is -0.508 e. The zero-order chi connectivity index (χ0) is 25.3. The summed E-state index contributed by atoms with van der Waals surface area (Å²) in [6.45, 7) is 0.527. The number of nitrogens with two attached hydrogens (primary N) is 1. The normalized spacial score (nSPS) is 33.1. The van der Waals surface area contributed by atoms with Crippen molar-refractivity contribution in [3.63, 3.8) is 0 Å². The highest BCUT2D eigenvalue weighted by Gasteiger charge is 2.66. The lowest BCUT2D eigenvalue weighted by Crippen LogP contribution is -2.71. The number of allylic oxidation sites excluding steroid dienone is 1. The van der Waals surface area contributed by atoms with Crippen molar-refractivity contribution in [1.82, 2.24) is 9.80 Å². The van der Waals surface area contributed by atoms with Crippen LogP contribution in [0.1, 0.15) is 27.9 Å². The number of benzene rings is 1. The van der Waals surface area contributed by atoms with Crippen LogP contribution in [0.25, 0.3) is 0 Å². The van der Waals surface area contributed by atoms with E-state index in [1.54, 1.807) is 25.1 Å². The molecule has 184 valence electrons. The number of aromatic hydroxyl groups is 1. The molecule has 0 bridgehead atoms. The van der Waals surface area contributed by atoms with Gasteiger partial charge in [-0.3, -0.25) is 14.4 Å². The van der Waals surface area contributed by atoms with Crippen molar-refractivity contribution < 1.29 is 34.8 Å². The third-order valence-corrected chi connectivity index (χ3v) is 7.56. The summed E-state index contributed by atoms with van der Waals surface area (Å²) in [7, 11) is 7.03. The Balaban J connectivity index is 1.92. The van der Waals surface area contributed by atoms with Gasteiger partial charge in [0.15, 0.2) is 17.2 Å². The van der Waals surface area contributed by atoms with Crippen LogP contribution in [0.3, 0.4) is 0 Å². The average Bonchev–Trinajstić information content (AvgIpc) is 2.72. The van der Waals surface area contributed by atoms with E-state index in [-0.39, 0.29) is 23.3 Å². The van der Waals surface area contributed by atoms with Gasteiger partial charge in [-0.1, -0.05) is 6.07 Å². The predicted molar refractivity (Wildman–Crippen MR) is 121 cm³/mol. The van der Waals surface area contributed by atoms with Crippen LogP contribution in [0, 0.1) is 17.8 Å². The third-order valence-electron chi connectivity index (χ3n) is 7.56. The molecule has 1 fully saturated rings. The van der Waals surface area contributed by atoms with Gasteiger partial charge < -0.3 is 36.0 Å². The molecule has 0 spiro atoms. The molecule has 1 saturated carbocycles. The van der Waals surface area contributed by atoms with Gasteiger partial charge in [-0.2, -0.15) is 0 Å². The Morgan fingerprint density at radius 1 is 1.18 bits per heavy atom. The lowest BCUT2D eigenvalue weighted by molar-refractivity contribution is -0.178. The van der Waals surface area contributed by atoms with Crippen LogP contribution in [0.2, 0.25) is 0 Å². The molecule has 3 aliphatic carbocycles. The number of rotatable bonds is 4. The quantitative estimate of drug-likeness (QED) is 0.357. The average molecular weight is 474 g/mol. The van der Waals surface area contributed by atoms with Gasteiger partial charge in [-0.05, 0) is 64.1 Å². The van der Waals surface area contributed by atoms with E-state index >= 15 is 0 Å². The van der Waals surface area contributed by atoms with Gasteiger partial charge in [0.25, 0.3) is 0 Å². The van der Waals surface area contributed by atoms with Gasteiger partial charge in [-0.15, -0.1) is 0 Å². The van der Waals surface area contributed by atoms with Gasteiger partial charge in [0.1, 0.15) is 17.4 Å². The number of hydrogen-bond donors (Lipinski definition) is 5. The number of carbonyl (C=O) groups is 3. The van der Waals surface area contributed by atoms with Crippen LogP contribution in [-0.2, 0) is 22.6 Å². The zero-order valence-electron chi connectivity index (χ0n) is 19.6. The number of aliphatic hydroxyl groups is 3. The third kappa shape index (κ3) is 3.28. The molecule has 0 heterocycles. The molecule has 1 aromatic rings. The van der Waals surface area contributed by atoms with Gasteiger partial charge in [0, 0.05) is 24.1 Å². The van der Waals surface area contributed by atoms with Crippen molar-refractivity contribution in [2.75, 3.05) is 28.2 Å². The van der Waals surface area contributed by atoms with E-state index in [1.165, 1.54) is 6.07 Å². The smallest absolute Gasteiger partial charge is 0.230 e. The molecule has 10 heteroatoms. The molecule has 0 aromatic heterocycles. The Morgan fingerprint density at radius 2 is 1.82 bits per heavy atom. The molecule has 4 rings (SSSR count). The number of likely N-dealkylation sites (N-methyl/N-ethyl adjacent to an activating group) is 1. The standard InChI is InChI=1S/C24H31N3O7/c1-26(2)9-10-5-6-14(28)16-12(10)7-11-8-13-18(27(3)4)20(30)17(23(25)33)22(32)24(13,34)21(31)15(11)19(16)29/h5-6,11,13,17-18,20,28,30-31,34H,7-9H2,1-4H3,(H2,25,33)/t11-,13-,17?,18+,20?,24-/m0/s1. The largest absolute Gasteiger partial charge is 0.508 e. The summed E-state index contributed by atoms with van der Waals surface area (Å²) in [6, 6.07) is 2.29. The minimum atomic E-state index is -2.57. The van der Waals surface area contributed by atoms with Crippen molar-refractivity contribution >= 4 is 17.5 Å². The number of phenols is 1. The number of amides is 1. The van der Waals surface area contributed by atoms with Crippen LogP contribution >= 0.6 is 0 Å². The zero-order valence-corrected chi connectivity index (χ0v) is 19.6. The first-order valence-corrected chi connectivity index (χ1v) is 11.2. The maximum absolute atomic E-state index is 13.6. The van der Waals surface area contributed by atoms with E-state index in [0.717, 1.165) is 5.56 Å². The highest BCUT2D eigenvalue weighted by molar-refractivity contribution is 6.15. The fourth-order valence-corrected chi connectivity index (χ4v) is 6.16. The number of carbonyl (C=O) groups excluding carboxylic acids is 3. The van der Waals surface area contributed by atoms with Crippen LogP contribution in [0.4, 0.5) is 0 Å². The van der Waals surface area contributed by atoms with Crippen LogP contribution in [0.15, 0.2) is 23.5 Å². The first-order chi connectivity index (χ1) is 15.8. The van der Waals surface area contributed by atoms with E-state index < -0.39 is 58.7 Å². The summed E-state index contributed by atoms with van der Waals surface area (Å²) < 4.78 is 0. The van der Waals surface area contributed by atoms with E-state index in [1.807, 2.05) is 19.0 Å². The highest BCUT2D eigenvalue weighted by atomic mass is 16.3. The summed E-state index contributed by atoms with van der Waals surface area (Å²) in [5.41, 5.74) is 4.22. The highest BCUT2D eigenvalue weighted by Crippen LogP contribution is 2.52. The first kappa shape index (κ1) is 24.3. The number of primary amides is 1. The van der Waals surface area contributed by atoms with Gasteiger partial charge in [0.2, 0.25) is 5.91 Å². The molecular formula is C24H31N3O7. The Morgan fingerprint density at radius 3 is 2.38 bits per heavy atom. The maximum atomic E-state index is 13.6. The monoisotopic (exact) mass is 473 g/mol. The lowest BCUT2D eigenvalue weighted by Gasteiger charge is -2.53. The Labute approximate surface area is 197 Å². The second kappa shape index (κ2) is 8.16. The van der Waals surface area contributed by atoms with Crippen molar-refractivity contribution in [3.8, 4) is 5.75 Å². The molecule has 0 saturated heterocycles. The van der Waals surface area contributed by atoms with Gasteiger partial charge >= 0.3 is 0 Å². The Hall–Kier alpha value is -2.79. The van der Waals surface area contributed by atoms with Crippen LogP contribution in [-0.4, -0.2) is 93.6 Å². The number of fused-ring (bicyclic) bond motifs is 3. The number of nitrogens with zero attached hydrogens (tertiary/aromatic N) is 2. The van der Waals surface area contributed by atoms with Crippen molar-refractivity contribution in [2.45, 2.75) is 37.1 Å². The maximum Gasteiger partial charge on any atom is 0.230 e. The number of aliphatic hydroxyl groups excluding tert-OH is 2. The van der Waals surface area contributed by atoms with Gasteiger partial charge in [0.05, 0.1) is 11.7 Å². The Bertz CT molecular complexity index is 1110. The predicted octanol–water partition coefficient (Wildman–Crippen LogP) is -0.653. The van der Waals surface area contributed by atoms with E-state index in [0.29, 0.717) is 18.5 Å². The molecule has 34 heavy (non-hydrogen) atoms. The molecule has 2 unspecified atom stereocenters. The molecule has 1 aromatic carbocycles. The molecule has 3 aliphatic rings. The van der Waals surface area contributed by atoms with Crippen molar-refractivity contribution in [3.05, 3.63) is 40.2 Å².